The Morgan fingerprint density at radius 3 is 2.58 bits per heavy atom. The van der Waals surface area contributed by atoms with Gasteiger partial charge in [0, 0.05) is 5.92 Å². The molecular weight excluding hydrogens is 374 g/mol. The second kappa shape index (κ2) is 6.18. The third-order valence-corrected chi connectivity index (χ3v) is 2.96. The predicted octanol–water partition coefficient (Wildman–Crippen LogP) is 4.47. The standard InChI is InChI=1S/C10H12I2/c11-7-5-9-3-1-2-4-10(9)6-8-12/h1,3,5-10H,2,4H2/b7-5+,8-6+/t9-,10-/m1/s1. The highest BCUT2D eigenvalue weighted by Crippen LogP contribution is 2.27. The average molecular weight is 386 g/mol. The van der Waals surface area contributed by atoms with Gasteiger partial charge in [-0.2, -0.15) is 0 Å². The lowest BCUT2D eigenvalue weighted by molar-refractivity contribution is 0.497. The number of allylic oxidation sites excluding steroid dienone is 4. The van der Waals surface area contributed by atoms with E-state index in [0.717, 1.165) is 5.92 Å². The molecule has 0 amide bonds. The zero-order valence-electron chi connectivity index (χ0n) is 6.79. The minimum absolute atomic E-state index is 0.627. The fourth-order valence-corrected chi connectivity index (χ4v) is 2.50. The summed E-state index contributed by atoms with van der Waals surface area (Å²) in [5.41, 5.74) is 0. The van der Waals surface area contributed by atoms with E-state index in [1.807, 2.05) is 0 Å². The van der Waals surface area contributed by atoms with Crippen LogP contribution in [0.15, 0.2) is 32.5 Å². The van der Waals surface area contributed by atoms with Crippen LogP contribution in [-0.2, 0) is 0 Å². The van der Waals surface area contributed by atoms with Gasteiger partial charge in [-0.25, -0.2) is 0 Å². The van der Waals surface area contributed by atoms with Gasteiger partial charge in [0.25, 0.3) is 0 Å². The molecule has 0 N–H and O–H groups in total. The fourth-order valence-electron chi connectivity index (χ4n) is 1.49. The predicted molar refractivity (Wildman–Crippen MR) is 71.7 cm³/mol. The van der Waals surface area contributed by atoms with Crippen molar-refractivity contribution in [3.05, 3.63) is 32.5 Å². The molecule has 1 aliphatic rings. The summed E-state index contributed by atoms with van der Waals surface area (Å²) >= 11 is 4.59. The first kappa shape index (κ1) is 10.8. The molecule has 1 aliphatic carbocycles. The van der Waals surface area contributed by atoms with E-state index in [2.05, 4.69) is 77.7 Å². The quantitative estimate of drug-likeness (QED) is 0.486. The topological polar surface area (TPSA) is 0 Å². The molecule has 0 saturated heterocycles. The van der Waals surface area contributed by atoms with Gasteiger partial charge in [0.05, 0.1) is 0 Å². The van der Waals surface area contributed by atoms with Crippen molar-refractivity contribution < 1.29 is 0 Å². The van der Waals surface area contributed by atoms with E-state index >= 15 is 0 Å². The van der Waals surface area contributed by atoms with Gasteiger partial charge in [0.1, 0.15) is 0 Å². The van der Waals surface area contributed by atoms with Crippen LogP contribution < -0.4 is 0 Å². The van der Waals surface area contributed by atoms with Gasteiger partial charge in [-0.05, 0) is 26.9 Å². The van der Waals surface area contributed by atoms with E-state index in [4.69, 9.17) is 0 Å². The lowest BCUT2D eigenvalue weighted by atomic mass is 9.84. The van der Waals surface area contributed by atoms with Crippen LogP contribution in [0.25, 0.3) is 0 Å². The van der Waals surface area contributed by atoms with Gasteiger partial charge in [0.15, 0.2) is 0 Å². The van der Waals surface area contributed by atoms with E-state index in [0.29, 0.717) is 5.92 Å². The molecule has 2 atom stereocenters. The van der Waals surface area contributed by atoms with Crippen molar-refractivity contribution in [3.8, 4) is 0 Å². The zero-order valence-corrected chi connectivity index (χ0v) is 11.1. The van der Waals surface area contributed by atoms with E-state index in [-0.39, 0.29) is 0 Å². The fraction of sp³-hybridized carbons (Fsp3) is 0.400. The number of hydrogen-bond acceptors (Lipinski definition) is 0. The Labute approximate surface area is 101 Å². The molecule has 0 spiro atoms. The van der Waals surface area contributed by atoms with Gasteiger partial charge in [0.2, 0.25) is 0 Å². The molecule has 0 fully saturated rings. The minimum atomic E-state index is 0.627. The van der Waals surface area contributed by atoms with Gasteiger partial charge in [-0.1, -0.05) is 69.5 Å². The van der Waals surface area contributed by atoms with Crippen molar-refractivity contribution in [2.24, 2.45) is 11.8 Å². The third-order valence-electron chi connectivity index (χ3n) is 2.13. The van der Waals surface area contributed by atoms with Gasteiger partial charge in [-0.15, -0.1) is 0 Å². The van der Waals surface area contributed by atoms with Crippen LogP contribution in [-0.4, -0.2) is 0 Å². The molecule has 0 aromatic rings. The third kappa shape index (κ3) is 3.20. The molecule has 66 valence electrons. The van der Waals surface area contributed by atoms with Crippen molar-refractivity contribution in [2.75, 3.05) is 0 Å². The first-order chi connectivity index (χ1) is 5.88. The van der Waals surface area contributed by atoms with Crippen molar-refractivity contribution >= 4 is 45.2 Å². The molecule has 0 aromatic heterocycles. The van der Waals surface area contributed by atoms with Crippen LogP contribution in [0.5, 0.6) is 0 Å². The molecule has 0 aliphatic heterocycles. The Kier molecular flexibility index (Phi) is 5.54. The summed E-state index contributed by atoms with van der Waals surface area (Å²) < 4.78 is 4.25. The maximum Gasteiger partial charge on any atom is 0.00173 e. The Hall–Kier alpha value is 0.680. The Morgan fingerprint density at radius 2 is 1.92 bits per heavy atom. The van der Waals surface area contributed by atoms with Crippen LogP contribution in [0, 0.1) is 11.8 Å². The largest absolute Gasteiger partial charge is 0.0879 e. The molecule has 12 heavy (non-hydrogen) atoms. The molecule has 0 saturated carbocycles. The minimum Gasteiger partial charge on any atom is -0.0879 e. The number of hydrogen-bond donors (Lipinski definition) is 0. The first-order valence-electron chi connectivity index (χ1n) is 4.09. The van der Waals surface area contributed by atoms with Crippen LogP contribution in [0.1, 0.15) is 12.8 Å². The van der Waals surface area contributed by atoms with E-state index in [1.165, 1.54) is 12.8 Å². The smallest absolute Gasteiger partial charge is 0.00173 e. The molecule has 0 bridgehead atoms. The summed E-state index contributed by atoms with van der Waals surface area (Å²) in [6.07, 6.45) is 11.7. The van der Waals surface area contributed by atoms with Gasteiger partial charge >= 0.3 is 0 Å². The lowest BCUT2D eigenvalue weighted by Crippen LogP contribution is -2.10. The van der Waals surface area contributed by atoms with E-state index in [9.17, 15) is 0 Å². The Balaban J connectivity index is 2.64. The maximum atomic E-state index is 2.32. The molecule has 0 aromatic carbocycles. The second-order valence-corrected chi connectivity index (χ2v) is 4.32. The molecule has 2 heteroatoms. The maximum absolute atomic E-state index is 2.32. The Bertz CT molecular complexity index is 204. The summed E-state index contributed by atoms with van der Waals surface area (Å²) in [4.78, 5) is 0. The SMILES string of the molecule is I/C=C/[C@H]1C=CCC[C@@H]1/C=C/I. The molecule has 0 radical (unpaired) electrons. The summed E-state index contributed by atoms with van der Waals surface area (Å²) in [6.45, 7) is 0. The van der Waals surface area contributed by atoms with Gasteiger partial charge in [-0.3, -0.25) is 0 Å². The molecule has 0 unspecified atom stereocenters. The lowest BCUT2D eigenvalue weighted by Gasteiger charge is -2.21. The van der Waals surface area contributed by atoms with Crippen LogP contribution in [0.2, 0.25) is 0 Å². The monoisotopic (exact) mass is 386 g/mol. The Morgan fingerprint density at radius 1 is 1.17 bits per heavy atom. The molecular formula is C10H12I2. The molecule has 0 heterocycles. The summed E-state index contributed by atoms with van der Waals surface area (Å²) in [7, 11) is 0. The van der Waals surface area contributed by atoms with Crippen LogP contribution in [0.3, 0.4) is 0 Å². The van der Waals surface area contributed by atoms with Crippen molar-refractivity contribution in [1.82, 2.24) is 0 Å². The number of rotatable bonds is 2. The average Bonchev–Trinajstić information content (AvgIpc) is 2.09. The highest BCUT2D eigenvalue weighted by atomic mass is 127. The van der Waals surface area contributed by atoms with Crippen LogP contribution >= 0.6 is 45.2 Å². The van der Waals surface area contributed by atoms with Crippen LogP contribution in [0.4, 0.5) is 0 Å². The highest BCUT2D eigenvalue weighted by molar-refractivity contribution is 14.1. The van der Waals surface area contributed by atoms with Crippen molar-refractivity contribution in [2.45, 2.75) is 12.8 Å². The molecule has 0 nitrogen and oxygen atoms in total. The number of halogens is 2. The normalized spacial score (nSPS) is 30.5. The summed E-state index contributed by atoms with van der Waals surface area (Å²) in [6, 6.07) is 0. The first-order valence-corrected chi connectivity index (χ1v) is 6.58. The van der Waals surface area contributed by atoms with Gasteiger partial charge < -0.3 is 0 Å². The highest BCUT2D eigenvalue weighted by Gasteiger charge is 2.15. The molecule has 1 rings (SSSR count). The second-order valence-electron chi connectivity index (χ2n) is 2.88. The van der Waals surface area contributed by atoms with E-state index < -0.39 is 0 Å². The van der Waals surface area contributed by atoms with Crippen molar-refractivity contribution in [3.63, 3.8) is 0 Å². The summed E-state index contributed by atoms with van der Waals surface area (Å²) in [5, 5.41) is 0. The zero-order chi connectivity index (χ0) is 8.81. The van der Waals surface area contributed by atoms with Crippen molar-refractivity contribution in [1.29, 1.82) is 0 Å². The van der Waals surface area contributed by atoms with E-state index in [1.54, 1.807) is 0 Å². The summed E-state index contributed by atoms with van der Waals surface area (Å²) in [5.74, 6) is 1.35.